The van der Waals surface area contributed by atoms with Gasteiger partial charge < -0.3 is 62.1 Å². The van der Waals surface area contributed by atoms with Crippen LogP contribution in [0.3, 0.4) is 0 Å². The van der Waals surface area contributed by atoms with Crippen LogP contribution in [0.2, 0.25) is 0 Å². The van der Waals surface area contributed by atoms with E-state index in [1.165, 1.54) is 40.3 Å². The number of carbonyl (C=O) groups excluding carboxylic acids is 1. The van der Waals surface area contributed by atoms with Crippen molar-refractivity contribution in [3.05, 3.63) is 93.9 Å². The molecule has 0 spiro atoms. The number of hydrogen-bond acceptors (Lipinski definition) is 19. The molecule has 1 aromatic carbocycles. The van der Waals surface area contributed by atoms with Gasteiger partial charge >= 0.3 is 6.72 Å². The van der Waals surface area contributed by atoms with Crippen LogP contribution in [0.5, 0.6) is 0 Å². The summed E-state index contributed by atoms with van der Waals surface area (Å²) in [7, 11) is 2.38. The lowest BCUT2D eigenvalue weighted by atomic mass is 10.1. The molecular weight excluding hydrogens is 1010 g/mol. The highest BCUT2D eigenvalue weighted by Gasteiger charge is 2.52. The predicted octanol–water partition coefficient (Wildman–Crippen LogP) is 6.09. The third kappa shape index (κ3) is 13.6. The van der Waals surface area contributed by atoms with Crippen molar-refractivity contribution in [3.63, 3.8) is 0 Å². The van der Waals surface area contributed by atoms with E-state index in [1.54, 1.807) is 33.4 Å². The lowest BCUT2D eigenvalue weighted by Gasteiger charge is -2.38. The maximum atomic E-state index is 13.2. The number of amides is 1. The number of benzene rings is 1. The molecule has 7 rings (SSSR count). The van der Waals surface area contributed by atoms with Crippen molar-refractivity contribution in [2.45, 2.75) is 116 Å². The topological polar surface area (TPSA) is 252 Å². The Bertz CT molecular complexity index is 2830. The number of hydrogen-bond donors (Lipinski definition) is 3. The van der Waals surface area contributed by atoms with Crippen LogP contribution < -0.4 is 10.9 Å². The second-order valence-electron chi connectivity index (χ2n) is 17.5. The molecule has 2 fully saturated rings. The Hall–Kier alpha value is -4.79. The molecule has 0 radical (unpaired) electrons. The number of methoxy groups -OCH3 is 2. The fourth-order valence-corrected chi connectivity index (χ4v) is 12.1. The zero-order valence-electron chi connectivity index (χ0n) is 44.1. The molecule has 5 aromatic rings. The summed E-state index contributed by atoms with van der Waals surface area (Å²) >= 11 is 6.14. The summed E-state index contributed by atoms with van der Waals surface area (Å²) in [5.41, 5.74) is 0.960. The van der Waals surface area contributed by atoms with Gasteiger partial charge in [0.1, 0.15) is 55.9 Å². The summed E-state index contributed by atoms with van der Waals surface area (Å²) in [6.45, 7) is 22.4. The number of nitrogens with zero attached hydrogens (tertiary/aromatic N) is 10. The largest absolute Gasteiger partial charge is 0.400 e. The molecule has 4 unspecified atom stereocenters. The van der Waals surface area contributed by atoms with E-state index in [2.05, 4.69) is 49.7 Å². The number of imidazole rings is 2. The van der Waals surface area contributed by atoms with Crippen LogP contribution in [0.25, 0.3) is 32.0 Å². The van der Waals surface area contributed by atoms with E-state index in [1.807, 2.05) is 47.6 Å². The van der Waals surface area contributed by atoms with Gasteiger partial charge in [0, 0.05) is 46.8 Å². The highest BCUT2D eigenvalue weighted by Crippen LogP contribution is 2.56. The van der Waals surface area contributed by atoms with Gasteiger partial charge in [-0.3, -0.25) is 23.2 Å². The van der Waals surface area contributed by atoms with Crippen LogP contribution in [-0.2, 0) is 59.8 Å². The summed E-state index contributed by atoms with van der Waals surface area (Å²) < 4.78 is 77.8. The van der Waals surface area contributed by atoms with E-state index in [9.17, 15) is 9.59 Å². The molecule has 4 aromatic heterocycles. The maximum Gasteiger partial charge on any atom is 0.327 e. The summed E-state index contributed by atoms with van der Waals surface area (Å²) in [6.07, 6.45) is -3.02. The highest BCUT2D eigenvalue weighted by atomic mass is 32.5. The molecule has 6 heterocycles. The van der Waals surface area contributed by atoms with Crippen LogP contribution >= 0.6 is 15.2 Å². The SMILES string of the molecule is [2H]C[C@H]1O[C@@H](n2cnc3c(=O)[nH]c(CC(C)C)nc32)[C@@H](OC)C1OP(=S)(OCC[N+]#[C-])OC[C@H]1O[C@@H](n2cnc3c(NC(=O)c4ccccc4)ncnc32)[C@@H](OC)C1OP(OCC[N+]#[C-])N(C(C)C)C(C)C.[3H]OC. The Morgan fingerprint density at radius 2 is 1.60 bits per heavy atom. The second-order valence-corrected chi connectivity index (χ2v) is 21.8. The van der Waals surface area contributed by atoms with Crippen LogP contribution in [0, 0.1) is 19.1 Å². The smallest absolute Gasteiger partial charge is 0.327 e. The summed E-state index contributed by atoms with van der Waals surface area (Å²) in [6, 6.07) is 8.58. The fraction of sp³-hybridized carbons (Fsp3) is 0.587. The lowest BCUT2D eigenvalue weighted by Crippen LogP contribution is -2.41. The van der Waals surface area contributed by atoms with Crippen molar-refractivity contribution in [3.8, 4) is 0 Å². The molecule has 0 aliphatic carbocycles. The van der Waals surface area contributed by atoms with Gasteiger partial charge in [0.25, 0.3) is 20.0 Å². The Kier molecular flexibility index (Phi) is 19.9. The maximum absolute atomic E-state index is 13.2. The number of ether oxygens (including phenoxy) is 4. The molecule has 2 aliphatic rings. The number of fused-ring (bicyclic) bond motifs is 2. The van der Waals surface area contributed by atoms with E-state index in [0.29, 0.717) is 23.5 Å². The monoisotopic (exact) mass is 1070 g/mol. The molecule has 3 N–H and O–H groups in total. The molecule has 2 saturated heterocycles. The van der Waals surface area contributed by atoms with Gasteiger partial charge in [-0.2, -0.15) is 0 Å². The van der Waals surface area contributed by atoms with Crippen LogP contribution in [-0.4, -0.2) is 159 Å². The normalized spacial score (nSPS) is 23.5. The molecule has 396 valence electrons. The molecule has 1 amide bonds. The molecule has 0 saturated carbocycles. The molecule has 2 aliphatic heterocycles. The predicted molar refractivity (Wildman–Crippen MR) is 273 cm³/mol. The second kappa shape index (κ2) is 26.6. The van der Waals surface area contributed by atoms with E-state index in [0.717, 1.165) is 0 Å². The summed E-state index contributed by atoms with van der Waals surface area (Å²) in [4.78, 5) is 58.6. The van der Waals surface area contributed by atoms with Crippen molar-refractivity contribution < 1.29 is 52.8 Å². The number of aliphatic hydroxyl groups is 1. The Morgan fingerprint density at radius 3 is 2.25 bits per heavy atom. The van der Waals surface area contributed by atoms with E-state index >= 15 is 0 Å². The molecule has 10 atom stereocenters. The van der Waals surface area contributed by atoms with E-state index in [-0.39, 0.29) is 80.3 Å². The van der Waals surface area contributed by atoms with Crippen molar-refractivity contribution >= 4 is 61.1 Å². The Balaban J connectivity index is 0.00000297. The third-order valence-corrected chi connectivity index (χ3v) is 15.8. The van der Waals surface area contributed by atoms with Crippen molar-refractivity contribution in [2.75, 3.05) is 59.6 Å². The Morgan fingerprint density at radius 1 is 0.959 bits per heavy atom. The number of aromatic nitrogens is 8. The van der Waals surface area contributed by atoms with Gasteiger partial charge in [0.2, 0.25) is 14.5 Å². The Labute approximate surface area is 433 Å². The summed E-state index contributed by atoms with van der Waals surface area (Å²) in [5, 5.41) is 6.33. The third-order valence-electron chi connectivity index (χ3n) is 11.3. The minimum atomic E-state index is -3.94. The van der Waals surface area contributed by atoms with Gasteiger partial charge in [-0.15, -0.1) is 0 Å². The van der Waals surface area contributed by atoms with Crippen LogP contribution in [0.1, 0.15) is 78.5 Å². The number of H-pyrrole nitrogens is 1. The zero-order chi connectivity index (χ0) is 54.4. The van der Waals surface area contributed by atoms with Gasteiger partial charge in [-0.05, 0) is 64.5 Å². The van der Waals surface area contributed by atoms with E-state index in [4.69, 9.17) is 74.3 Å². The number of nitrogens with one attached hydrogen (secondary N) is 2. The first-order valence-electron chi connectivity index (χ1n) is 24.4. The first-order valence-corrected chi connectivity index (χ1v) is 27.0. The molecule has 27 heteroatoms. The minimum Gasteiger partial charge on any atom is -0.400 e. The number of aliphatic hydroxyl groups excluding tert-OH is 1. The van der Waals surface area contributed by atoms with Gasteiger partial charge in [-0.1, -0.05) is 32.0 Å². The molecule has 0 bridgehead atoms. The fourth-order valence-electron chi connectivity index (χ4n) is 8.30. The lowest BCUT2D eigenvalue weighted by molar-refractivity contribution is -0.0603. The van der Waals surface area contributed by atoms with E-state index < -0.39 is 75.8 Å². The average Bonchev–Trinajstić information content (AvgIpc) is 4.17. The molecule has 73 heavy (non-hydrogen) atoms. The van der Waals surface area contributed by atoms with Gasteiger partial charge in [0.15, 0.2) is 40.6 Å². The average molecular weight is 1070 g/mol. The standard InChI is InChI=1S/C45H60N12O11P2S.CH4O/c1-26(2)21-32-52-41-34(43(59)53-32)51-25-56(41)44-37(60-10)35(29(7)65-44)68-70(71,63-20-18-47-9)64-22-31-36(67-69(62-19-17-46-8)57(27(3)4)28(5)6)38(61-11)45(66-31)55-24-50-33-39(48-23-49-40(33)55)54-42(58)30-15-13-12-14-16-30;1-2/h12-16,23-29,31,35-38,44-45H,17-22H2,1-7,10-11H3,(H,52,53,59)(H,48,49,54,58);2H,1H3/t29-,31-,35?,36?,37+,38+,44-,45-,69?,70?;/m1./s1/i7D;2T. The van der Waals surface area contributed by atoms with Crippen molar-refractivity contribution in [1.82, 2.24) is 43.7 Å². The van der Waals surface area contributed by atoms with Crippen molar-refractivity contribution in [2.24, 2.45) is 5.92 Å². The first kappa shape index (κ1) is 54.5. The molecule has 24 nitrogen and oxygen atoms in total. The number of rotatable bonds is 24. The molecular formula is C46H64N12O12P2S. The first-order chi connectivity index (χ1) is 36.1. The number of anilines is 1. The zero-order valence-corrected chi connectivity index (χ0v) is 44.7. The number of carbonyl (C=O) groups is 1. The highest BCUT2D eigenvalue weighted by molar-refractivity contribution is 8.07. The summed E-state index contributed by atoms with van der Waals surface area (Å²) in [5.74, 6) is 0.453. The van der Waals surface area contributed by atoms with Gasteiger partial charge in [0.05, 0.1) is 25.4 Å². The minimum absolute atomic E-state index is 0.0535. The van der Waals surface area contributed by atoms with Crippen LogP contribution in [0.15, 0.2) is 54.1 Å². The van der Waals surface area contributed by atoms with Crippen molar-refractivity contribution in [1.29, 1.82) is 1.43 Å². The quantitative estimate of drug-likeness (QED) is 0.0359. The number of aromatic amines is 1. The van der Waals surface area contributed by atoms with Gasteiger partial charge in [-0.25, -0.2) is 42.7 Å². The van der Waals surface area contributed by atoms with Crippen LogP contribution in [0.4, 0.5) is 5.82 Å².